The first-order valence-electron chi connectivity index (χ1n) is 25.9. The summed E-state index contributed by atoms with van der Waals surface area (Å²) in [5, 5.41) is 60.6. The van der Waals surface area contributed by atoms with Crippen molar-refractivity contribution < 1.29 is 86.0 Å². The van der Waals surface area contributed by atoms with E-state index in [1.54, 1.807) is 20.3 Å². The molecule has 442 valence electrons. The molecule has 0 saturated heterocycles. The van der Waals surface area contributed by atoms with Crippen LogP contribution in [0, 0.1) is 40.4 Å². The number of halogens is 4. The zero-order chi connectivity index (χ0) is 59.2. The van der Waals surface area contributed by atoms with Crippen molar-refractivity contribution in [3.8, 4) is 51.7 Å². The maximum absolute atomic E-state index is 12.3. The summed E-state index contributed by atoms with van der Waals surface area (Å²) in [7, 11) is 21.5. The monoisotopic (exact) mass is 1320 g/mol. The number of phenolic OH excluding ortho intramolecular Hbond substituents is 6. The van der Waals surface area contributed by atoms with Crippen LogP contribution in [-0.4, -0.2) is 143 Å². The predicted molar refractivity (Wildman–Crippen MR) is 301 cm³/mol. The van der Waals surface area contributed by atoms with Gasteiger partial charge in [-0.1, -0.05) is 27.7 Å². The number of ether oxygens (including phenoxy) is 6. The zero-order valence-corrected chi connectivity index (χ0v) is 53.0. The van der Waals surface area contributed by atoms with Crippen LogP contribution in [0.5, 0.6) is 51.7 Å². The third kappa shape index (κ3) is 16.9. The van der Waals surface area contributed by atoms with Gasteiger partial charge in [0.25, 0.3) is 10.1 Å². The zero-order valence-electron chi connectivity index (χ0n) is 46.3. The van der Waals surface area contributed by atoms with Crippen molar-refractivity contribution in [2.45, 2.75) is 110 Å². The Morgan fingerprint density at radius 3 is 1.34 bits per heavy atom. The number of rotatable bonds is 14. The number of hydrogen-bond donors (Lipinski definition) is 6. The van der Waals surface area contributed by atoms with Gasteiger partial charge in [-0.25, -0.2) is 0 Å². The normalized spacial score (nSPS) is 25.4. The Bertz CT molecular complexity index is 2700. The second kappa shape index (κ2) is 27.3. The molecule has 0 aromatic heterocycles. The molecule has 1 aliphatic heterocycles. The number of ketones is 3. The molecule has 2 unspecified atom stereocenters. The summed E-state index contributed by atoms with van der Waals surface area (Å²) in [6.07, 6.45) is 5.32. The van der Waals surface area contributed by atoms with Gasteiger partial charge in [-0.3, -0.25) is 18.6 Å². The number of benzene rings is 3. The molecule has 6 N–H and O–H groups in total. The van der Waals surface area contributed by atoms with Gasteiger partial charge in [0.2, 0.25) is 0 Å². The Balaban J connectivity index is 0.000000195. The minimum atomic E-state index is -3.29. The molecule has 8 aliphatic rings. The molecule has 3 aromatic rings. The SMILES string of the molecule is CC1(C)C2C[C@H]1C(=O)C[C@H]2c1c(O)cc(O)cc1O.COCCOS(C)(=O)=O.COCCOc1cc(O)c([C@@H]2CC(=O)[C@@H]3CC2C3(C)C)c(O)c1.COCCOc1cc(O)c2c(c1)OC(C)(C)[C@@H]1CCC(=O)C[C@@H]21.[Cl][Sn]([Cl])([Cl])[Cl]. The molecule has 79 heavy (non-hydrogen) atoms. The summed E-state index contributed by atoms with van der Waals surface area (Å²) in [5.74, 6) is 2.80. The van der Waals surface area contributed by atoms with Crippen LogP contribution in [0.2, 0.25) is 0 Å². The molecule has 0 radical (unpaired) electrons. The van der Waals surface area contributed by atoms with Gasteiger partial charge in [-0.15, -0.1) is 0 Å². The molecule has 0 amide bonds. The van der Waals surface area contributed by atoms with Crippen LogP contribution in [0.3, 0.4) is 0 Å². The van der Waals surface area contributed by atoms with E-state index in [2.05, 4.69) is 50.5 Å². The van der Waals surface area contributed by atoms with Crippen molar-refractivity contribution in [3.05, 3.63) is 53.1 Å². The summed E-state index contributed by atoms with van der Waals surface area (Å²) < 4.78 is 56.4. The fraction of sp³-hybridized carbons (Fsp3) is 0.618. The van der Waals surface area contributed by atoms with Gasteiger partial charge in [-0.05, 0) is 55.8 Å². The van der Waals surface area contributed by atoms with Crippen molar-refractivity contribution in [2.75, 3.05) is 67.2 Å². The van der Waals surface area contributed by atoms with Gasteiger partial charge in [0, 0.05) is 136 Å². The molecular formula is C55H76Cl4O18SSn. The summed E-state index contributed by atoms with van der Waals surface area (Å²) in [6.45, 7) is 14.5. The molecular weight excluding hydrogens is 1240 g/mol. The molecule has 11 rings (SSSR count). The van der Waals surface area contributed by atoms with E-state index in [0.29, 0.717) is 93.0 Å². The Hall–Kier alpha value is -3.38. The molecule has 1 heterocycles. The Kier molecular flexibility index (Phi) is 23.0. The molecule has 4 bridgehead atoms. The molecule has 8 atom stereocenters. The van der Waals surface area contributed by atoms with Gasteiger partial charge < -0.3 is 59.1 Å². The fourth-order valence-electron chi connectivity index (χ4n) is 12.4. The van der Waals surface area contributed by atoms with E-state index in [4.69, 9.17) is 59.4 Å². The van der Waals surface area contributed by atoms with Crippen molar-refractivity contribution in [3.63, 3.8) is 0 Å². The summed E-state index contributed by atoms with van der Waals surface area (Å²) in [4.78, 5) is 36.3. The van der Waals surface area contributed by atoms with Crippen molar-refractivity contribution in [2.24, 2.45) is 40.4 Å². The van der Waals surface area contributed by atoms with Crippen LogP contribution in [0.1, 0.15) is 121 Å². The van der Waals surface area contributed by atoms with E-state index < -0.39 is 24.0 Å². The Morgan fingerprint density at radius 1 is 0.570 bits per heavy atom. The molecule has 7 aliphatic carbocycles. The molecule has 7 fully saturated rings. The van der Waals surface area contributed by atoms with Crippen LogP contribution in [0.25, 0.3) is 0 Å². The van der Waals surface area contributed by atoms with E-state index in [1.165, 1.54) is 31.4 Å². The Labute approximate surface area is 482 Å². The van der Waals surface area contributed by atoms with E-state index in [0.717, 1.165) is 31.1 Å². The first-order chi connectivity index (χ1) is 36.7. The van der Waals surface area contributed by atoms with Gasteiger partial charge in [-0.2, -0.15) is 8.42 Å². The van der Waals surface area contributed by atoms with Crippen LogP contribution < -0.4 is 14.2 Å². The number of methoxy groups -OCH3 is 3. The second-order valence-electron chi connectivity index (χ2n) is 22.4. The molecule has 24 heteroatoms. The predicted octanol–water partition coefficient (Wildman–Crippen LogP) is 10.4. The minimum absolute atomic E-state index is 0.00336. The van der Waals surface area contributed by atoms with Crippen LogP contribution in [-0.2, 0) is 42.9 Å². The average Bonchev–Trinajstić information content (AvgIpc) is 3.30. The summed E-state index contributed by atoms with van der Waals surface area (Å²) in [6, 6.07) is 8.86. The van der Waals surface area contributed by atoms with Crippen LogP contribution >= 0.6 is 35.7 Å². The molecule has 18 nitrogen and oxygen atoms in total. The number of phenols is 6. The number of aromatic hydroxyl groups is 6. The van der Waals surface area contributed by atoms with Gasteiger partial charge in [0.1, 0.15) is 87.9 Å². The van der Waals surface area contributed by atoms with Crippen molar-refractivity contribution >= 4 is 77.0 Å². The third-order valence-electron chi connectivity index (χ3n) is 16.3. The van der Waals surface area contributed by atoms with E-state index in [1.807, 2.05) is 6.07 Å². The topological polar surface area (TPSA) is 271 Å². The van der Waals surface area contributed by atoms with E-state index in [9.17, 15) is 53.4 Å². The first-order valence-corrected chi connectivity index (χ1v) is 42.2. The standard InChI is InChI=1S/2C18H24O5.C15H18O4.C4H10O4S.4ClH.Sn/c1-18(2)12-9-13(18)14(19)8-11(12)17-15(20)6-10(7-16(17)21)23-5-4-22-3;1-18(2)14-5-4-11(19)8-13(14)17-15(20)9-12(10-16(17)23-18)22-7-6-21-3;1-15(2)9-6-10(15)11(17)5-8(9)14-12(18)3-7(16)4-13(14)19;1-7-3-4-8-9(2,5)6;;;;;/h6-7,11-13,20-21H,4-5,8-9H2,1-3H3;9-10,13-14,20H,4-8H2,1-3H3;3-4,8-10,16,18-19H,5-6H2,1-2H3;3-4H2,1-2H3;4*1H;/q;;;;;;;;+4/p-4/t11-,12?,13+;13-,14-;8-,9?,10+;;;;;;/m111....../s1. The fourth-order valence-corrected chi connectivity index (χ4v) is 12.8. The quantitative estimate of drug-likeness (QED) is 0.0497. The van der Waals surface area contributed by atoms with Crippen LogP contribution in [0.4, 0.5) is 0 Å². The summed E-state index contributed by atoms with van der Waals surface area (Å²) >= 11 is -3.29. The van der Waals surface area contributed by atoms with E-state index in [-0.39, 0.29) is 116 Å². The van der Waals surface area contributed by atoms with Gasteiger partial charge in [0.05, 0.1) is 32.7 Å². The van der Waals surface area contributed by atoms with Gasteiger partial charge in [0.15, 0.2) is 0 Å². The van der Waals surface area contributed by atoms with E-state index >= 15 is 0 Å². The van der Waals surface area contributed by atoms with Crippen LogP contribution in [0.15, 0.2) is 36.4 Å². The number of fused-ring (bicyclic) bond motifs is 7. The number of carbonyl (C=O) groups is 3. The summed E-state index contributed by atoms with van der Waals surface area (Å²) in [5.41, 5.74) is 1.14. The molecule has 3 aromatic carbocycles. The van der Waals surface area contributed by atoms with Crippen molar-refractivity contribution in [1.82, 2.24) is 0 Å². The third-order valence-corrected chi connectivity index (χ3v) is 16.9. The first kappa shape index (κ1) is 66.4. The van der Waals surface area contributed by atoms with Gasteiger partial charge >= 0.3 is 49.6 Å². The number of carbonyl (C=O) groups excluding carboxylic acids is 3. The average molecular weight is 1320 g/mol. The van der Waals surface area contributed by atoms with Crippen molar-refractivity contribution in [1.29, 1.82) is 0 Å². The number of hydrogen-bond acceptors (Lipinski definition) is 18. The Morgan fingerprint density at radius 2 is 0.949 bits per heavy atom. The molecule has 0 spiro atoms. The molecule has 7 saturated carbocycles. The maximum atomic E-state index is 12.3. The number of Topliss-reactive ketones (excluding diaryl/α,β-unsaturated/α-hetero) is 3. The second-order valence-corrected chi connectivity index (χ2v) is 49.5.